The molecule has 0 radical (unpaired) electrons. The van der Waals surface area contributed by atoms with Crippen LogP contribution in [0.5, 0.6) is 0 Å². The van der Waals surface area contributed by atoms with Crippen molar-refractivity contribution in [3.8, 4) is 0 Å². The van der Waals surface area contributed by atoms with Gasteiger partial charge in [0, 0.05) is 21.0 Å². The Morgan fingerprint density at radius 1 is 1.39 bits per heavy atom. The van der Waals surface area contributed by atoms with Crippen LogP contribution in [0.4, 0.5) is 0 Å². The molecule has 1 aliphatic rings. The fraction of sp³-hybridized carbons (Fsp3) is 0.312. The van der Waals surface area contributed by atoms with Gasteiger partial charge >= 0.3 is 0 Å². The zero-order valence-electron chi connectivity index (χ0n) is 12.5. The first kappa shape index (κ1) is 16.5. The SMILES string of the molecule is CC1(NC(=O)C=Cc2sc3ccccc3c2Cl)CCS(=O)(=O)C1. The van der Waals surface area contributed by atoms with Crippen LogP contribution < -0.4 is 5.32 Å². The van der Waals surface area contributed by atoms with Crippen molar-refractivity contribution in [3.05, 3.63) is 40.2 Å². The van der Waals surface area contributed by atoms with Gasteiger partial charge < -0.3 is 5.32 Å². The minimum Gasteiger partial charge on any atom is -0.346 e. The number of hydrogen-bond donors (Lipinski definition) is 1. The first-order valence-corrected chi connectivity index (χ1v) is 10.2. The van der Waals surface area contributed by atoms with Crippen molar-refractivity contribution in [2.24, 2.45) is 0 Å². The Labute approximate surface area is 144 Å². The molecule has 122 valence electrons. The van der Waals surface area contributed by atoms with Crippen LogP contribution in [0.25, 0.3) is 16.2 Å². The van der Waals surface area contributed by atoms with E-state index in [1.807, 2.05) is 24.3 Å². The maximum Gasteiger partial charge on any atom is 0.244 e. The molecule has 1 fully saturated rings. The Balaban J connectivity index is 1.74. The number of amides is 1. The van der Waals surface area contributed by atoms with Gasteiger partial charge in [-0.05, 0) is 25.5 Å². The Hall–Kier alpha value is -1.37. The maximum atomic E-state index is 12.1. The van der Waals surface area contributed by atoms with Crippen molar-refractivity contribution >= 4 is 54.8 Å². The topological polar surface area (TPSA) is 63.2 Å². The fourth-order valence-corrected chi connectivity index (χ4v) is 6.23. The van der Waals surface area contributed by atoms with E-state index in [4.69, 9.17) is 11.6 Å². The predicted octanol–water partition coefficient (Wildman–Crippen LogP) is 3.26. The highest BCUT2D eigenvalue weighted by atomic mass is 35.5. The Bertz CT molecular complexity index is 901. The summed E-state index contributed by atoms with van der Waals surface area (Å²) >= 11 is 7.84. The molecule has 0 aliphatic carbocycles. The zero-order chi connectivity index (χ0) is 16.7. The van der Waals surface area contributed by atoms with Crippen LogP contribution in [0.2, 0.25) is 5.02 Å². The number of halogens is 1. The molecule has 1 atom stereocenters. The summed E-state index contributed by atoms with van der Waals surface area (Å²) in [4.78, 5) is 12.9. The summed E-state index contributed by atoms with van der Waals surface area (Å²) in [6.07, 6.45) is 3.53. The standard InChI is InChI=1S/C16H16ClNO3S2/c1-16(8-9-23(20,21)10-16)18-14(19)7-6-13-15(17)11-4-2-3-5-12(11)22-13/h2-7H,8-10H2,1H3,(H,18,19). The van der Waals surface area contributed by atoms with E-state index in [0.29, 0.717) is 11.4 Å². The number of sulfone groups is 1. The van der Waals surface area contributed by atoms with E-state index in [9.17, 15) is 13.2 Å². The lowest BCUT2D eigenvalue weighted by molar-refractivity contribution is -0.117. The minimum atomic E-state index is -3.05. The van der Waals surface area contributed by atoms with Crippen LogP contribution in [0, 0.1) is 0 Å². The number of rotatable bonds is 3. The predicted molar refractivity (Wildman–Crippen MR) is 95.7 cm³/mol. The molecular weight excluding hydrogens is 354 g/mol. The van der Waals surface area contributed by atoms with Crippen molar-refractivity contribution in [2.45, 2.75) is 18.9 Å². The number of nitrogens with one attached hydrogen (secondary N) is 1. The van der Waals surface area contributed by atoms with Gasteiger partial charge in [0.15, 0.2) is 9.84 Å². The van der Waals surface area contributed by atoms with Crippen molar-refractivity contribution < 1.29 is 13.2 Å². The van der Waals surface area contributed by atoms with Crippen LogP contribution in [0.3, 0.4) is 0 Å². The molecule has 1 saturated heterocycles. The van der Waals surface area contributed by atoms with Gasteiger partial charge in [0.1, 0.15) is 0 Å². The maximum absolute atomic E-state index is 12.1. The number of carbonyl (C=O) groups excluding carboxylic acids is 1. The largest absolute Gasteiger partial charge is 0.346 e. The van der Waals surface area contributed by atoms with Gasteiger partial charge in [-0.15, -0.1) is 11.3 Å². The third-order valence-electron chi connectivity index (χ3n) is 3.87. The Morgan fingerprint density at radius 2 is 2.13 bits per heavy atom. The highest BCUT2D eigenvalue weighted by Gasteiger charge is 2.39. The van der Waals surface area contributed by atoms with E-state index in [-0.39, 0.29) is 17.4 Å². The molecule has 3 rings (SSSR count). The summed E-state index contributed by atoms with van der Waals surface area (Å²) in [6, 6.07) is 7.78. The van der Waals surface area contributed by atoms with Crippen LogP contribution in [0.15, 0.2) is 30.3 Å². The first-order chi connectivity index (χ1) is 10.8. The average molecular weight is 370 g/mol. The zero-order valence-corrected chi connectivity index (χ0v) is 14.9. The van der Waals surface area contributed by atoms with Gasteiger partial charge in [0.25, 0.3) is 0 Å². The molecule has 1 aliphatic heterocycles. The van der Waals surface area contributed by atoms with Gasteiger partial charge in [-0.25, -0.2) is 8.42 Å². The molecule has 1 aromatic heterocycles. The molecule has 0 saturated carbocycles. The molecule has 7 heteroatoms. The van der Waals surface area contributed by atoms with Crippen LogP contribution in [0.1, 0.15) is 18.2 Å². The van der Waals surface area contributed by atoms with E-state index < -0.39 is 15.4 Å². The first-order valence-electron chi connectivity index (χ1n) is 7.16. The number of fused-ring (bicyclic) bond motifs is 1. The monoisotopic (exact) mass is 369 g/mol. The highest BCUT2D eigenvalue weighted by molar-refractivity contribution is 7.91. The number of carbonyl (C=O) groups is 1. The van der Waals surface area contributed by atoms with Gasteiger partial charge in [-0.3, -0.25) is 4.79 Å². The summed E-state index contributed by atoms with van der Waals surface area (Å²) in [6.45, 7) is 1.76. The summed E-state index contributed by atoms with van der Waals surface area (Å²) < 4.78 is 24.2. The fourth-order valence-electron chi connectivity index (χ4n) is 2.74. The van der Waals surface area contributed by atoms with Gasteiger partial charge in [0.05, 0.1) is 22.1 Å². The number of hydrogen-bond acceptors (Lipinski definition) is 4. The molecule has 1 amide bonds. The van der Waals surface area contributed by atoms with E-state index in [2.05, 4.69) is 5.32 Å². The molecule has 4 nitrogen and oxygen atoms in total. The van der Waals surface area contributed by atoms with E-state index >= 15 is 0 Å². The van der Waals surface area contributed by atoms with Crippen molar-refractivity contribution in [1.82, 2.24) is 5.32 Å². The van der Waals surface area contributed by atoms with Crippen molar-refractivity contribution in [2.75, 3.05) is 11.5 Å². The number of thiophene rings is 1. The molecule has 2 heterocycles. The lowest BCUT2D eigenvalue weighted by Gasteiger charge is -2.22. The second-order valence-electron chi connectivity index (χ2n) is 6.00. The van der Waals surface area contributed by atoms with Crippen LogP contribution in [-0.2, 0) is 14.6 Å². The van der Waals surface area contributed by atoms with Gasteiger partial charge in [-0.2, -0.15) is 0 Å². The second-order valence-corrected chi connectivity index (χ2v) is 9.65. The second kappa shape index (κ2) is 5.92. The smallest absolute Gasteiger partial charge is 0.244 e. The normalized spacial score (nSPS) is 23.6. The van der Waals surface area contributed by atoms with Gasteiger partial charge in [0.2, 0.25) is 5.91 Å². The average Bonchev–Trinajstić information content (AvgIpc) is 2.94. The molecule has 0 spiro atoms. The molecule has 2 aromatic rings. The summed E-state index contributed by atoms with van der Waals surface area (Å²) in [5.41, 5.74) is -0.690. The molecule has 1 aromatic carbocycles. The summed E-state index contributed by atoms with van der Waals surface area (Å²) in [5, 5.41) is 4.39. The lowest BCUT2D eigenvalue weighted by Crippen LogP contribution is -2.46. The van der Waals surface area contributed by atoms with E-state index in [1.54, 1.807) is 13.0 Å². The summed E-state index contributed by atoms with van der Waals surface area (Å²) in [5.74, 6) is -0.197. The molecule has 1 unspecified atom stereocenters. The quantitative estimate of drug-likeness (QED) is 0.844. The molecule has 23 heavy (non-hydrogen) atoms. The third-order valence-corrected chi connectivity index (χ3v) is 7.43. The van der Waals surface area contributed by atoms with Gasteiger partial charge in [-0.1, -0.05) is 29.8 Å². The number of benzene rings is 1. The Morgan fingerprint density at radius 3 is 2.78 bits per heavy atom. The van der Waals surface area contributed by atoms with Crippen molar-refractivity contribution in [3.63, 3.8) is 0 Å². The minimum absolute atomic E-state index is 0.0107. The highest BCUT2D eigenvalue weighted by Crippen LogP contribution is 2.35. The van der Waals surface area contributed by atoms with Crippen LogP contribution >= 0.6 is 22.9 Å². The summed E-state index contributed by atoms with van der Waals surface area (Å²) in [7, 11) is -3.05. The van der Waals surface area contributed by atoms with E-state index in [0.717, 1.165) is 15.0 Å². The molecule has 0 bridgehead atoms. The molecular formula is C16H16ClNO3S2. The molecule has 1 N–H and O–H groups in total. The Kier molecular flexibility index (Phi) is 4.25. The van der Waals surface area contributed by atoms with Crippen LogP contribution in [-0.4, -0.2) is 31.4 Å². The van der Waals surface area contributed by atoms with E-state index in [1.165, 1.54) is 17.4 Å². The van der Waals surface area contributed by atoms with Crippen molar-refractivity contribution in [1.29, 1.82) is 0 Å². The lowest BCUT2D eigenvalue weighted by atomic mass is 10.0. The third kappa shape index (κ3) is 3.59.